The fourth-order valence-corrected chi connectivity index (χ4v) is 3.99. The number of carbonyl (C=O) groups excluding carboxylic acids is 1. The summed E-state index contributed by atoms with van der Waals surface area (Å²) in [6.45, 7) is 5.93. The molecule has 27 heavy (non-hydrogen) atoms. The van der Waals surface area contributed by atoms with Gasteiger partial charge in [0, 0.05) is 15.4 Å². The Morgan fingerprint density at radius 1 is 1.04 bits per heavy atom. The van der Waals surface area contributed by atoms with Crippen molar-refractivity contribution in [2.75, 3.05) is 5.32 Å². The van der Waals surface area contributed by atoms with E-state index >= 15 is 0 Å². The molecule has 0 fully saturated rings. The van der Waals surface area contributed by atoms with Crippen molar-refractivity contribution in [3.05, 3.63) is 81.7 Å². The highest BCUT2D eigenvalue weighted by Gasteiger charge is 2.13. The van der Waals surface area contributed by atoms with Crippen LogP contribution < -0.4 is 5.32 Å². The van der Waals surface area contributed by atoms with Gasteiger partial charge >= 0.3 is 0 Å². The summed E-state index contributed by atoms with van der Waals surface area (Å²) < 4.78 is 0. The molecular weight excluding hydrogens is 352 g/mol. The number of aryl methyl sites for hydroxylation is 3. The van der Waals surface area contributed by atoms with E-state index in [9.17, 15) is 10.1 Å². The molecule has 0 aliphatic rings. The van der Waals surface area contributed by atoms with Crippen LogP contribution in [0.4, 0.5) is 5.69 Å². The van der Waals surface area contributed by atoms with Crippen molar-refractivity contribution in [1.82, 2.24) is 0 Å². The van der Waals surface area contributed by atoms with Gasteiger partial charge in [-0.2, -0.15) is 5.26 Å². The summed E-state index contributed by atoms with van der Waals surface area (Å²) in [4.78, 5) is 14.6. The maximum atomic E-state index is 12.6. The summed E-state index contributed by atoms with van der Waals surface area (Å²) >= 11 is 1.55. The smallest absolute Gasteiger partial charge is 0.266 e. The van der Waals surface area contributed by atoms with Crippen LogP contribution >= 0.6 is 11.3 Å². The monoisotopic (exact) mass is 372 g/mol. The van der Waals surface area contributed by atoms with Crippen LogP contribution in [-0.2, 0) is 4.79 Å². The van der Waals surface area contributed by atoms with Crippen LogP contribution in [0.3, 0.4) is 0 Å². The van der Waals surface area contributed by atoms with E-state index < -0.39 is 0 Å². The Bertz CT molecular complexity index is 1030. The van der Waals surface area contributed by atoms with E-state index in [1.807, 2.05) is 81.4 Å². The molecule has 1 heterocycles. The number of amides is 1. The second kappa shape index (κ2) is 8.03. The van der Waals surface area contributed by atoms with Crippen LogP contribution in [0.1, 0.15) is 21.6 Å². The molecule has 3 aromatic rings. The lowest BCUT2D eigenvalue weighted by atomic mass is 10.0. The molecule has 0 atom stereocenters. The number of hydrogen-bond acceptors (Lipinski definition) is 3. The molecule has 1 amide bonds. The molecule has 2 aromatic carbocycles. The van der Waals surface area contributed by atoms with Crippen molar-refractivity contribution in [1.29, 1.82) is 5.26 Å². The Morgan fingerprint density at radius 3 is 2.33 bits per heavy atom. The fraction of sp³-hybridized carbons (Fsp3) is 0.130. The molecule has 3 rings (SSSR count). The molecule has 4 heteroatoms. The van der Waals surface area contributed by atoms with Gasteiger partial charge in [-0.05, 0) is 55.7 Å². The summed E-state index contributed by atoms with van der Waals surface area (Å²) in [5.74, 6) is -0.387. The Morgan fingerprint density at radius 2 is 1.70 bits per heavy atom. The second-order valence-corrected chi connectivity index (χ2v) is 7.58. The van der Waals surface area contributed by atoms with Crippen LogP contribution in [0.2, 0.25) is 0 Å². The maximum absolute atomic E-state index is 12.6. The molecule has 1 N–H and O–H groups in total. The van der Waals surface area contributed by atoms with Crippen molar-refractivity contribution in [3.63, 3.8) is 0 Å². The molecule has 0 spiro atoms. The topological polar surface area (TPSA) is 52.9 Å². The minimum Gasteiger partial charge on any atom is -0.321 e. The first kappa shape index (κ1) is 18.6. The standard InChI is InChI=1S/C23H20N2OS/c1-15-11-16(2)22(17(3)12-15)25-23(26)19(14-24)13-20-9-10-21(27-20)18-7-5-4-6-8-18/h4-13H,1-3H3,(H,25,26)/b19-13+. The molecule has 0 radical (unpaired) electrons. The summed E-state index contributed by atoms with van der Waals surface area (Å²) in [6.07, 6.45) is 1.64. The van der Waals surface area contributed by atoms with Crippen LogP contribution in [0.15, 0.2) is 60.2 Å². The van der Waals surface area contributed by atoms with Gasteiger partial charge in [0.2, 0.25) is 0 Å². The van der Waals surface area contributed by atoms with Gasteiger partial charge in [0.05, 0.1) is 0 Å². The number of nitriles is 1. The molecule has 3 nitrogen and oxygen atoms in total. The van der Waals surface area contributed by atoms with Crippen LogP contribution in [0.5, 0.6) is 0 Å². The molecule has 0 aliphatic carbocycles. The lowest BCUT2D eigenvalue weighted by Gasteiger charge is -2.12. The molecule has 0 saturated carbocycles. The van der Waals surface area contributed by atoms with Crippen LogP contribution in [0, 0.1) is 32.1 Å². The van der Waals surface area contributed by atoms with Crippen molar-refractivity contribution in [2.45, 2.75) is 20.8 Å². The highest BCUT2D eigenvalue weighted by molar-refractivity contribution is 7.16. The van der Waals surface area contributed by atoms with E-state index in [0.29, 0.717) is 0 Å². The average Bonchev–Trinajstić information content (AvgIpc) is 3.12. The van der Waals surface area contributed by atoms with Crippen LogP contribution in [-0.4, -0.2) is 5.91 Å². The van der Waals surface area contributed by atoms with E-state index in [1.165, 1.54) is 0 Å². The Hall–Kier alpha value is -3.16. The summed E-state index contributed by atoms with van der Waals surface area (Å²) in [5, 5.41) is 12.4. The highest BCUT2D eigenvalue weighted by Crippen LogP contribution is 2.29. The molecule has 0 unspecified atom stereocenters. The SMILES string of the molecule is Cc1cc(C)c(NC(=O)/C(C#N)=C/c2ccc(-c3ccccc3)s2)c(C)c1. The number of carbonyl (C=O) groups is 1. The first-order chi connectivity index (χ1) is 13.0. The first-order valence-electron chi connectivity index (χ1n) is 8.64. The van der Waals surface area contributed by atoms with Gasteiger partial charge < -0.3 is 5.32 Å². The number of hydrogen-bond donors (Lipinski definition) is 1. The Balaban J connectivity index is 1.84. The van der Waals surface area contributed by atoms with E-state index in [1.54, 1.807) is 17.4 Å². The highest BCUT2D eigenvalue weighted by atomic mass is 32.1. The first-order valence-corrected chi connectivity index (χ1v) is 9.46. The third-order valence-corrected chi connectivity index (χ3v) is 5.33. The number of thiophene rings is 1. The Kier molecular flexibility index (Phi) is 5.54. The van der Waals surface area contributed by atoms with Gasteiger partial charge in [-0.3, -0.25) is 4.79 Å². The molecular formula is C23H20N2OS. The van der Waals surface area contributed by atoms with E-state index in [4.69, 9.17) is 0 Å². The Labute approximate surface area is 163 Å². The van der Waals surface area contributed by atoms with Gasteiger partial charge in [-0.15, -0.1) is 11.3 Å². The zero-order valence-electron chi connectivity index (χ0n) is 15.5. The van der Waals surface area contributed by atoms with Gasteiger partial charge in [0.15, 0.2) is 0 Å². The minimum absolute atomic E-state index is 0.0934. The lowest BCUT2D eigenvalue weighted by molar-refractivity contribution is -0.112. The van der Waals surface area contributed by atoms with E-state index in [-0.39, 0.29) is 11.5 Å². The summed E-state index contributed by atoms with van der Waals surface area (Å²) in [5.41, 5.74) is 5.10. The maximum Gasteiger partial charge on any atom is 0.266 e. The number of nitrogens with one attached hydrogen (secondary N) is 1. The quantitative estimate of drug-likeness (QED) is 0.459. The van der Waals surface area contributed by atoms with Crippen molar-refractivity contribution < 1.29 is 4.79 Å². The lowest BCUT2D eigenvalue weighted by Crippen LogP contribution is -2.15. The van der Waals surface area contributed by atoms with E-state index in [2.05, 4.69) is 5.32 Å². The molecule has 0 aliphatic heterocycles. The molecule has 0 saturated heterocycles. The molecule has 0 bridgehead atoms. The molecule has 134 valence electrons. The number of anilines is 1. The second-order valence-electron chi connectivity index (χ2n) is 6.47. The predicted octanol–water partition coefficient (Wildman–Crippen LogP) is 5.89. The summed E-state index contributed by atoms with van der Waals surface area (Å²) in [6, 6.07) is 20.0. The van der Waals surface area contributed by atoms with Gasteiger partial charge in [0.25, 0.3) is 5.91 Å². The van der Waals surface area contributed by atoms with E-state index in [0.717, 1.165) is 37.7 Å². The minimum atomic E-state index is -0.387. The summed E-state index contributed by atoms with van der Waals surface area (Å²) in [7, 11) is 0. The van der Waals surface area contributed by atoms with Crippen LogP contribution in [0.25, 0.3) is 16.5 Å². The third-order valence-electron chi connectivity index (χ3n) is 4.25. The van der Waals surface area contributed by atoms with Gasteiger partial charge in [-0.25, -0.2) is 0 Å². The largest absolute Gasteiger partial charge is 0.321 e. The zero-order valence-corrected chi connectivity index (χ0v) is 16.4. The van der Waals surface area contributed by atoms with Crippen molar-refractivity contribution in [2.24, 2.45) is 0 Å². The predicted molar refractivity (Wildman–Crippen MR) is 113 cm³/mol. The fourth-order valence-electron chi connectivity index (χ4n) is 3.04. The van der Waals surface area contributed by atoms with Gasteiger partial charge in [-0.1, -0.05) is 48.0 Å². The number of benzene rings is 2. The third kappa shape index (κ3) is 4.33. The van der Waals surface area contributed by atoms with Gasteiger partial charge in [0.1, 0.15) is 11.6 Å². The van der Waals surface area contributed by atoms with Crippen molar-refractivity contribution >= 4 is 29.0 Å². The van der Waals surface area contributed by atoms with Crippen molar-refractivity contribution in [3.8, 4) is 16.5 Å². The number of rotatable bonds is 4. The zero-order chi connectivity index (χ0) is 19.4. The average molecular weight is 372 g/mol. The number of nitrogens with zero attached hydrogens (tertiary/aromatic N) is 1. The molecule has 1 aromatic heterocycles. The normalized spacial score (nSPS) is 11.1.